The fourth-order valence-electron chi connectivity index (χ4n) is 4.80. The number of anilines is 1. The highest BCUT2D eigenvalue weighted by Crippen LogP contribution is 2.33. The molecule has 2 aliphatic heterocycles. The van der Waals surface area contributed by atoms with Gasteiger partial charge in [-0.15, -0.1) is 0 Å². The summed E-state index contributed by atoms with van der Waals surface area (Å²) in [4.78, 5) is 29.0. The van der Waals surface area contributed by atoms with E-state index in [2.05, 4.69) is 31.9 Å². The van der Waals surface area contributed by atoms with Crippen LogP contribution in [0.25, 0.3) is 0 Å². The molecule has 3 rings (SSSR count). The third-order valence-electron chi connectivity index (χ3n) is 6.62. The van der Waals surface area contributed by atoms with Gasteiger partial charge in [-0.25, -0.2) is 4.79 Å². The summed E-state index contributed by atoms with van der Waals surface area (Å²) >= 11 is 6.90. The predicted molar refractivity (Wildman–Crippen MR) is 138 cm³/mol. The second-order valence-electron chi connectivity index (χ2n) is 10.3. The van der Waals surface area contributed by atoms with E-state index in [-0.39, 0.29) is 12.0 Å². The summed E-state index contributed by atoms with van der Waals surface area (Å²) in [6, 6.07) is 3.27. The molecule has 0 aromatic heterocycles. The second-order valence-corrected chi connectivity index (χ2v) is 12.0. The molecule has 0 unspecified atom stereocenters. The van der Waals surface area contributed by atoms with Crippen molar-refractivity contribution in [3.8, 4) is 0 Å². The number of nitrogens with two attached hydrogens (primary N) is 2. The minimum atomic E-state index is -0.568. The van der Waals surface area contributed by atoms with E-state index in [4.69, 9.17) is 16.2 Å². The van der Waals surface area contributed by atoms with E-state index < -0.39 is 11.6 Å². The topological polar surface area (TPSA) is 102 Å². The van der Waals surface area contributed by atoms with Gasteiger partial charge in [-0.1, -0.05) is 0 Å². The Kier molecular flexibility index (Phi) is 8.72. The first kappa shape index (κ1) is 26.3. The number of amides is 2. The van der Waals surface area contributed by atoms with Crippen LogP contribution in [0.4, 0.5) is 10.5 Å². The lowest BCUT2D eigenvalue weighted by molar-refractivity contribution is -0.134. The third-order valence-corrected chi connectivity index (χ3v) is 7.93. The van der Waals surface area contributed by atoms with Gasteiger partial charge in [0.25, 0.3) is 0 Å². The van der Waals surface area contributed by atoms with Crippen molar-refractivity contribution in [1.29, 1.82) is 0 Å². The molecule has 2 saturated heterocycles. The van der Waals surface area contributed by atoms with Gasteiger partial charge in [-0.2, -0.15) is 0 Å². The summed E-state index contributed by atoms with van der Waals surface area (Å²) in [5.74, 6) is 1.20. The molecule has 7 nitrogen and oxygen atoms in total. The highest BCUT2D eigenvalue weighted by Gasteiger charge is 2.34. The summed E-state index contributed by atoms with van der Waals surface area (Å²) in [5, 5.41) is 0. The molecule has 0 saturated carbocycles. The van der Waals surface area contributed by atoms with E-state index in [9.17, 15) is 9.59 Å². The van der Waals surface area contributed by atoms with Crippen molar-refractivity contribution in [3.05, 3.63) is 26.6 Å². The molecule has 0 radical (unpaired) electrons. The maximum Gasteiger partial charge on any atom is 0.410 e. The van der Waals surface area contributed by atoms with Gasteiger partial charge in [0.15, 0.2) is 0 Å². The summed E-state index contributed by atoms with van der Waals surface area (Å²) in [7, 11) is 0. The van der Waals surface area contributed by atoms with Crippen molar-refractivity contribution >= 4 is 49.5 Å². The number of ether oxygens (including phenoxy) is 1. The number of hydrogen-bond donors (Lipinski definition) is 2. The Bertz CT molecular complexity index is 835. The Morgan fingerprint density at radius 3 is 1.91 bits per heavy atom. The van der Waals surface area contributed by atoms with Crippen LogP contribution in [0, 0.1) is 11.8 Å². The van der Waals surface area contributed by atoms with Crippen LogP contribution in [-0.2, 0) is 16.0 Å². The number of hydrogen-bond acceptors (Lipinski definition) is 5. The van der Waals surface area contributed by atoms with Gasteiger partial charge in [0.2, 0.25) is 5.91 Å². The number of halogens is 2. The number of likely N-dealkylation sites (tertiary alicyclic amines) is 2. The van der Waals surface area contributed by atoms with Crippen molar-refractivity contribution in [2.45, 2.75) is 64.5 Å². The first-order valence-electron chi connectivity index (χ1n) is 11.7. The molecular weight excluding hydrogens is 552 g/mol. The van der Waals surface area contributed by atoms with E-state index in [1.54, 1.807) is 0 Å². The largest absolute Gasteiger partial charge is 0.444 e. The lowest BCUT2D eigenvalue weighted by atomic mass is 9.78. The van der Waals surface area contributed by atoms with Crippen LogP contribution in [0.1, 0.15) is 52.0 Å². The molecule has 1 atom stereocenters. The third kappa shape index (κ3) is 7.09. The normalized spacial score (nSPS) is 19.5. The van der Waals surface area contributed by atoms with Crippen LogP contribution in [0.2, 0.25) is 0 Å². The molecule has 33 heavy (non-hydrogen) atoms. The fraction of sp³-hybridized carbons (Fsp3) is 0.667. The number of rotatable bonds is 4. The molecule has 2 fully saturated rings. The van der Waals surface area contributed by atoms with Crippen LogP contribution in [0.5, 0.6) is 0 Å². The summed E-state index contributed by atoms with van der Waals surface area (Å²) in [5.41, 5.74) is 13.4. The smallest absolute Gasteiger partial charge is 0.410 e. The lowest BCUT2D eigenvalue weighted by Gasteiger charge is -2.40. The van der Waals surface area contributed by atoms with Gasteiger partial charge in [0.1, 0.15) is 5.60 Å². The molecular formula is C24H36Br2N4O3. The molecule has 2 heterocycles. The van der Waals surface area contributed by atoms with E-state index in [1.807, 2.05) is 42.7 Å². The number of carbonyl (C=O) groups excluding carboxylic acids is 2. The number of nitrogens with zero attached hydrogens (tertiary/aromatic N) is 2. The fourth-order valence-corrected chi connectivity index (χ4v) is 6.08. The molecule has 4 N–H and O–H groups in total. The standard InChI is InChI=1S/C24H36Br2N4O3/c1-24(2,3)33-23(32)30-10-6-17(7-11-30)16-4-8-29(9-5-16)22(31)20(27)14-15-12-18(25)21(28)19(26)13-15/h12-13,16-17,20H,4-11,14,27-28H2,1-3H3/t20-/m1/s1. The SMILES string of the molecule is CC(C)(C)OC(=O)N1CCC(C2CCN(C(=O)[C@H](N)Cc3cc(Br)c(N)c(Br)c3)CC2)CC1. The van der Waals surface area contributed by atoms with Gasteiger partial charge in [0, 0.05) is 35.1 Å². The zero-order chi connectivity index (χ0) is 24.3. The van der Waals surface area contributed by atoms with E-state index in [1.165, 1.54) is 0 Å². The van der Waals surface area contributed by atoms with Crippen molar-refractivity contribution in [2.75, 3.05) is 31.9 Å². The summed E-state index contributed by atoms with van der Waals surface area (Å²) in [6.07, 6.45) is 4.24. The number of nitrogen functional groups attached to an aromatic ring is 1. The van der Waals surface area contributed by atoms with Crippen molar-refractivity contribution in [3.63, 3.8) is 0 Å². The lowest BCUT2D eigenvalue weighted by Crippen LogP contribution is -2.49. The van der Waals surface area contributed by atoms with Gasteiger partial charge < -0.3 is 26.0 Å². The minimum Gasteiger partial charge on any atom is -0.444 e. The Morgan fingerprint density at radius 2 is 1.45 bits per heavy atom. The zero-order valence-corrected chi connectivity index (χ0v) is 23.0. The quantitative estimate of drug-likeness (QED) is 0.503. The first-order valence-corrected chi connectivity index (χ1v) is 13.3. The molecule has 0 spiro atoms. The Labute approximate surface area is 213 Å². The van der Waals surface area contributed by atoms with Crippen LogP contribution in [-0.4, -0.2) is 59.6 Å². The van der Waals surface area contributed by atoms with Crippen LogP contribution in [0.15, 0.2) is 21.1 Å². The van der Waals surface area contributed by atoms with Crippen LogP contribution >= 0.6 is 31.9 Å². The van der Waals surface area contributed by atoms with Crippen molar-refractivity contribution in [2.24, 2.45) is 17.6 Å². The van der Waals surface area contributed by atoms with Crippen LogP contribution in [0.3, 0.4) is 0 Å². The number of piperidine rings is 2. The average Bonchev–Trinajstić information content (AvgIpc) is 2.76. The maximum absolute atomic E-state index is 12.9. The number of carbonyl (C=O) groups is 2. The molecule has 1 aromatic carbocycles. The molecule has 0 bridgehead atoms. The molecule has 184 valence electrons. The molecule has 0 aliphatic carbocycles. The summed E-state index contributed by atoms with van der Waals surface area (Å²) in [6.45, 7) is 8.68. The van der Waals surface area contributed by atoms with Gasteiger partial charge in [-0.05, 0) is 114 Å². The average molecular weight is 588 g/mol. The van der Waals surface area contributed by atoms with E-state index >= 15 is 0 Å². The monoisotopic (exact) mass is 586 g/mol. The van der Waals surface area contributed by atoms with Crippen LogP contribution < -0.4 is 11.5 Å². The highest BCUT2D eigenvalue weighted by molar-refractivity contribution is 9.11. The van der Waals surface area contributed by atoms with Gasteiger partial charge in [-0.3, -0.25) is 4.79 Å². The van der Waals surface area contributed by atoms with E-state index in [0.29, 0.717) is 23.9 Å². The second kappa shape index (κ2) is 11.0. The van der Waals surface area contributed by atoms with Crippen molar-refractivity contribution < 1.29 is 14.3 Å². The summed E-state index contributed by atoms with van der Waals surface area (Å²) < 4.78 is 7.09. The van der Waals surface area contributed by atoms with E-state index in [0.717, 1.165) is 66.4 Å². The Hall–Kier alpha value is -1.32. The molecule has 9 heteroatoms. The molecule has 1 aromatic rings. The Balaban J connectivity index is 1.45. The zero-order valence-electron chi connectivity index (χ0n) is 19.8. The first-order chi connectivity index (χ1) is 15.4. The van der Waals surface area contributed by atoms with Crippen molar-refractivity contribution in [1.82, 2.24) is 9.80 Å². The minimum absolute atomic E-state index is 0.0114. The Morgan fingerprint density at radius 1 is 1.00 bits per heavy atom. The number of benzene rings is 1. The van der Waals surface area contributed by atoms with Gasteiger partial charge >= 0.3 is 6.09 Å². The maximum atomic E-state index is 12.9. The van der Waals surface area contributed by atoms with Gasteiger partial charge in [0.05, 0.1) is 11.7 Å². The molecule has 2 amide bonds. The predicted octanol–water partition coefficient (Wildman–Crippen LogP) is 4.55. The molecule has 2 aliphatic rings. The highest BCUT2D eigenvalue weighted by atomic mass is 79.9.